The molecule has 2 saturated heterocycles. The van der Waals surface area contributed by atoms with Crippen molar-refractivity contribution >= 4 is 16.8 Å². The van der Waals surface area contributed by atoms with Crippen LogP contribution >= 0.6 is 0 Å². The maximum atomic E-state index is 12.7. The van der Waals surface area contributed by atoms with E-state index >= 15 is 0 Å². The van der Waals surface area contributed by atoms with Crippen molar-refractivity contribution in [1.29, 1.82) is 0 Å². The quantitative estimate of drug-likeness (QED) is 0.884. The minimum atomic E-state index is -0.757. The lowest BCUT2D eigenvalue weighted by Crippen LogP contribution is -2.50. The van der Waals surface area contributed by atoms with Crippen molar-refractivity contribution in [1.82, 2.24) is 19.8 Å². The highest BCUT2D eigenvalue weighted by atomic mass is 16.3. The Labute approximate surface area is 147 Å². The monoisotopic (exact) mass is 342 g/mol. The highest BCUT2D eigenvalue weighted by molar-refractivity contribution is 5.79. The molecule has 2 aromatic heterocycles. The van der Waals surface area contributed by atoms with E-state index in [4.69, 9.17) is 0 Å². The fraction of sp³-hybridized carbons (Fsp3) is 0.579. The number of aromatic nitrogens is 2. The molecule has 0 bridgehead atoms. The van der Waals surface area contributed by atoms with E-state index in [1.165, 1.54) is 0 Å². The third-order valence-corrected chi connectivity index (χ3v) is 5.74. The Morgan fingerprint density at radius 3 is 2.80 bits per heavy atom. The van der Waals surface area contributed by atoms with Gasteiger partial charge in [0.1, 0.15) is 0 Å². The van der Waals surface area contributed by atoms with Crippen molar-refractivity contribution in [2.75, 3.05) is 26.2 Å². The van der Waals surface area contributed by atoms with Crippen LogP contribution in [0, 0.1) is 5.92 Å². The molecule has 0 aromatic carbocycles. The molecule has 0 spiro atoms. The molecule has 2 N–H and O–H groups in total. The van der Waals surface area contributed by atoms with Gasteiger partial charge in [0.2, 0.25) is 5.91 Å². The van der Waals surface area contributed by atoms with Crippen LogP contribution in [-0.2, 0) is 11.3 Å². The molecule has 4 rings (SSSR count). The second-order valence-corrected chi connectivity index (χ2v) is 7.45. The van der Waals surface area contributed by atoms with E-state index in [0.717, 1.165) is 36.8 Å². The van der Waals surface area contributed by atoms with Gasteiger partial charge in [0.05, 0.1) is 23.9 Å². The van der Waals surface area contributed by atoms with E-state index in [-0.39, 0.29) is 11.8 Å². The standard InChI is InChI=1S/C19H26N4O2/c24-18(16-2-7-20-8-3-16)22-11-5-19(25,6-12-22)14-23-10-4-15-1-9-21-13-17(15)23/h1,4,9-10,13,16,20,25H,2-3,5-8,11-12,14H2. The average molecular weight is 342 g/mol. The Kier molecular flexibility index (Phi) is 4.48. The van der Waals surface area contributed by atoms with Crippen LogP contribution in [-0.4, -0.2) is 57.2 Å². The first-order valence-corrected chi connectivity index (χ1v) is 9.25. The molecule has 0 aliphatic carbocycles. The van der Waals surface area contributed by atoms with E-state index in [2.05, 4.69) is 20.9 Å². The molecule has 1 amide bonds. The molecule has 2 aliphatic rings. The summed E-state index contributed by atoms with van der Waals surface area (Å²) in [5.74, 6) is 0.436. The van der Waals surface area contributed by atoms with Crippen LogP contribution in [0.25, 0.3) is 10.9 Å². The number of pyridine rings is 1. The number of rotatable bonds is 3. The highest BCUT2D eigenvalue weighted by Crippen LogP contribution is 2.28. The first kappa shape index (κ1) is 16.5. The van der Waals surface area contributed by atoms with Crippen LogP contribution in [0.1, 0.15) is 25.7 Å². The molecule has 0 radical (unpaired) electrons. The summed E-state index contributed by atoms with van der Waals surface area (Å²) in [6.45, 7) is 3.72. The zero-order valence-electron chi connectivity index (χ0n) is 14.5. The molecule has 6 nitrogen and oxygen atoms in total. The predicted molar refractivity (Wildman–Crippen MR) is 96.1 cm³/mol. The molecule has 25 heavy (non-hydrogen) atoms. The zero-order valence-corrected chi connectivity index (χ0v) is 14.5. The number of nitrogens with zero attached hydrogens (tertiary/aromatic N) is 3. The summed E-state index contributed by atoms with van der Waals surface area (Å²) in [4.78, 5) is 18.8. The van der Waals surface area contributed by atoms with Crippen LogP contribution in [0.4, 0.5) is 0 Å². The van der Waals surface area contributed by atoms with Gasteiger partial charge in [-0.15, -0.1) is 0 Å². The number of amides is 1. The Bertz CT molecular complexity index is 743. The molecule has 4 heterocycles. The summed E-state index contributed by atoms with van der Waals surface area (Å²) < 4.78 is 2.08. The largest absolute Gasteiger partial charge is 0.388 e. The fourth-order valence-corrected chi connectivity index (χ4v) is 4.11. The van der Waals surface area contributed by atoms with E-state index in [0.29, 0.717) is 32.5 Å². The molecule has 0 atom stereocenters. The number of aliphatic hydroxyl groups is 1. The van der Waals surface area contributed by atoms with Gasteiger partial charge in [-0.05, 0) is 50.9 Å². The lowest BCUT2D eigenvalue weighted by atomic mass is 9.89. The number of piperidine rings is 2. The van der Waals surface area contributed by atoms with Gasteiger partial charge in [0, 0.05) is 36.8 Å². The van der Waals surface area contributed by atoms with Crippen LogP contribution < -0.4 is 5.32 Å². The van der Waals surface area contributed by atoms with E-state index < -0.39 is 5.60 Å². The summed E-state index contributed by atoms with van der Waals surface area (Å²) in [7, 11) is 0. The number of carbonyl (C=O) groups excluding carboxylic acids is 1. The maximum Gasteiger partial charge on any atom is 0.225 e. The lowest BCUT2D eigenvalue weighted by Gasteiger charge is -2.40. The van der Waals surface area contributed by atoms with Crippen molar-refractivity contribution in [3.63, 3.8) is 0 Å². The SMILES string of the molecule is O=C(C1CCNCC1)N1CCC(O)(Cn2ccc3ccncc32)CC1. The van der Waals surface area contributed by atoms with Gasteiger partial charge in [-0.2, -0.15) is 0 Å². The van der Waals surface area contributed by atoms with Gasteiger partial charge in [0.25, 0.3) is 0 Å². The Morgan fingerprint density at radius 1 is 1.28 bits per heavy atom. The van der Waals surface area contributed by atoms with Gasteiger partial charge < -0.3 is 19.9 Å². The molecule has 0 unspecified atom stereocenters. The smallest absolute Gasteiger partial charge is 0.225 e. The summed E-state index contributed by atoms with van der Waals surface area (Å²) in [5, 5.41) is 15.5. The minimum Gasteiger partial charge on any atom is -0.388 e. The van der Waals surface area contributed by atoms with Crippen molar-refractivity contribution in [2.45, 2.75) is 37.8 Å². The first-order valence-electron chi connectivity index (χ1n) is 9.25. The Balaban J connectivity index is 1.39. The van der Waals surface area contributed by atoms with E-state index in [1.807, 2.05) is 23.4 Å². The third-order valence-electron chi connectivity index (χ3n) is 5.74. The number of hydrogen-bond acceptors (Lipinski definition) is 4. The van der Waals surface area contributed by atoms with E-state index in [9.17, 15) is 9.90 Å². The van der Waals surface area contributed by atoms with Crippen molar-refractivity contribution < 1.29 is 9.90 Å². The fourth-order valence-electron chi connectivity index (χ4n) is 4.11. The first-order chi connectivity index (χ1) is 12.1. The van der Waals surface area contributed by atoms with Gasteiger partial charge in [-0.1, -0.05) is 0 Å². The van der Waals surface area contributed by atoms with Gasteiger partial charge in [-0.3, -0.25) is 9.78 Å². The molecule has 2 aliphatic heterocycles. The molecule has 2 aromatic rings. The topological polar surface area (TPSA) is 70.4 Å². The van der Waals surface area contributed by atoms with Crippen LogP contribution in [0.5, 0.6) is 0 Å². The number of carbonyl (C=O) groups is 1. The molecule has 0 saturated carbocycles. The lowest BCUT2D eigenvalue weighted by molar-refractivity contribution is -0.141. The molecular formula is C19H26N4O2. The predicted octanol–water partition coefficient (Wildman–Crippen LogP) is 1.39. The molecule has 134 valence electrons. The maximum absolute atomic E-state index is 12.7. The number of likely N-dealkylation sites (tertiary alicyclic amines) is 1. The molecule has 2 fully saturated rings. The number of hydrogen-bond donors (Lipinski definition) is 2. The summed E-state index contributed by atoms with van der Waals surface area (Å²) in [6, 6.07) is 4.03. The van der Waals surface area contributed by atoms with Crippen molar-refractivity contribution in [3.05, 3.63) is 30.7 Å². The Hall–Kier alpha value is -1.92. The summed E-state index contributed by atoms with van der Waals surface area (Å²) in [5.41, 5.74) is 0.288. The number of fused-ring (bicyclic) bond motifs is 1. The van der Waals surface area contributed by atoms with Crippen LogP contribution in [0.3, 0.4) is 0 Å². The van der Waals surface area contributed by atoms with E-state index in [1.54, 1.807) is 6.20 Å². The Morgan fingerprint density at radius 2 is 2.04 bits per heavy atom. The third kappa shape index (κ3) is 3.41. The van der Waals surface area contributed by atoms with Crippen LogP contribution in [0.15, 0.2) is 30.7 Å². The average Bonchev–Trinajstić information content (AvgIpc) is 3.05. The second-order valence-electron chi connectivity index (χ2n) is 7.45. The summed E-state index contributed by atoms with van der Waals surface area (Å²) in [6.07, 6.45) is 8.76. The zero-order chi connectivity index (χ0) is 17.3. The summed E-state index contributed by atoms with van der Waals surface area (Å²) >= 11 is 0. The van der Waals surface area contributed by atoms with Crippen molar-refractivity contribution in [2.24, 2.45) is 5.92 Å². The van der Waals surface area contributed by atoms with Gasteiger partial charge in [0.15, 0.2) is 0 Å². The second kappa shape index (κ2) is 6.77. The highest BCUT2D eigenvalue weighted by Gasteiger charge is 2.36. The van der Waals surface area contributed by atoms with Gasteiger partial charge >= 0.3 is 0 Å². The van der Waals surface area contributed by atoms with Crippen LogP contribution in [0.2, 0.25) is 0 Å². The molecule has 6 heteroatoms. The van der Waals surface area contributed by atoms with Crippen molar-refractivity contribution in [3.8, 4) is 0 Å². The minimum absolute atomic E-state index is 0.159. The number of nitrogens with one attached hydrogen (secondary N) is 1. The normalized spacial score (nSPS) is 21.6. The molecular weight excluding hydrogens is 316 g/mol. The van der Waals surface area contributed by atoms with Gasteiger partial charge in [-0.25, -0.2) is 0 Å².